The van der Waals surface area contributed by atoms with Crippen molar-refractivity contribution in [2.45, 2.75) is 0 Å². The number of carbonyl (C=O) groups excluding carboxylic acids is 2. The Hall–Kier alpha value is -3.72. The van der Waals surface area contributed by atoms with Crippen LogP contribution in [0.5, 0.6) is 0 Å². The number of hydrogen-bond acceptors (Lipinski definition) is 2. The molecule has 3 heteroatoms. The molecule has 0 fully saturated rings. The molecule has 4 aromatic rings. The van der Waals surface area contributed by atoms with Crippen molar-refractivity contribution < 1.29 is 9.59 Å². The minimum absolute atomic E-state index is 0.331. The summed E-state index contributed by atoms with van der Waals surface area (Å²) in [5.41, 5.74) is 4.89. The number of nitrogens with one attached hydrogen (secondary N) is 1. The van der Waals surface area contributed by atoms with Crippen molar-refractivity contribution >= 4 is 22.6 Å². The van der Waals surface area contributed by atoms with E-state index in [-0.39, 0.29) is 11.8 Å². The Bertz CT molecular complexity index is 1210. The van der Waals surface area contributed by atoms with Gasteiger partial charge < -0.3 is 0 Å². The van der Waals surface area contributed by atoms with E-state index in [2.05, 4.69) is 17.4 Å². The maximum Gasteiger partial charge on any atom is 0.259 e. The molecule has 128 valence electrons. The molecule has 4 aromatic carbocycles. The summed E-state index contributed by atoms with van der Waals surface area (Å²) < 4.78 is 0. The third-order valence-electron chi connectivity index (χ3n) is 5.03. The van der Waals surface area contributed by atoms with Crippen LogP contribution in [-0.2, 0) is 0 Å². The van der Waals surface area contributed by atoms with Gasteiger partial charge in [-0.15, -0.1) is 0 Å². The van der Waals surface area contributed by atoms with E-state index in [4.69, 9.17) is 0 Å². The molecule has 0 spiro atoms. The smallest absolute Gasteiger partial charge is 0.259 e. The van der Waals surface area contributed by atoms with Gasteiger partial charge in [-0.1, -0.05) is 78.9 Å². The third-order valence-corrected chi connectivity index (χ3v) is 5.03. The van der Waals surface area contributed by atoms with Gasteiger partial charge in [0.2, 0.25) is 0 Å². The third kappa shape index (κ3) is 2.44. The average Bonchev–Trinajstić information content (AvgIpc) is 3.00. The lowest BCUT2D eigenvalue weighted by molar-refractivity contribution is 0.0880. The zero-order chi connectivity index (χ0) is 18.4. The average molecular weight is 349 g/mol. The van der Waals surface area contributed by atoms with E-state index in [1.807, 2.05) is 66.7 Å². The Morgan fingerprint density at radius 2 is 1.19 bits per heavy atom. The number of fused-ring (bicyclic) bond motifs is 2. The maximum atomic E-state index is 12.5. The summed E-state index contributed by atoms with van der Waals surface area (Å²) in [4.78, 5) is 24.7. The number of hydrogen-bond donors (Lipinski definition) is 1. The Morgan fingerprint density at radius 3 is 1.96 bits per heavy atom. The second-order valence-electron chi connectivity index (χ2n) is 6.62. The molecular formula is C24H15NO2. The highest BCUT2D eigenvalue weighted by Gasteiger charge is 2.31. The van der Waals surface area contributed by atoms with Crippen LogP contribution >= 0.6 is 0 Å². The SMILES string of the molecule is O=C1NC(=O)c2c1cc1ccccc1c2-c1ccc(-c2ccccc2)cc1. The van der Waals surface area contributed by atoms with Crippen LogP contribution in [0.15, 0.2) is 84.9 Å². The summed E-state index contributed by atoms with van der Waals surface area (Å²) in [6.07, 6.45) is 0. The number of amides is 2. The van der Waals surface area contributed by atoms with Crippen molar-refractivity contribution in [3.63, 3.8) is 0 Å². The molecule has 0 saturated heterocycles. The van der Waals surface area contributed by atoms with Gasteiger partial charge in [-0.2, -0.15) is 0 Å². The van der Waals surface area contributed by atoms with Crippen LogP contribution in [0.25, 0.3) is 33.0 Å². The molecule has 1 aliphatic heterocycles. The summed E-state index contributed by atoms with van der Waals surface area (Å²) >= 11 is 0. The largest absolute Gasteiger partial charge is 0.288 e. The molecule has 0 radical (unpaired) electrons. The molecule has 0 saturated carbocycles. The van der Waals surface area contributed by atoms with Crippen LogP contribution in [0.2, 0.25) is 0 Å². The van der Waals surface area contributed by atoms with Crippen molar-refractivity contribution in [2.75, 3.05) is 0 Å². The van der Waals surface area contributed by atoms with Gasteiger partial charge in [0.25, 0.3) is 11.8 Å². The van der Waals surface area contributed by atoms with Gasteiger partial charge in [0.05, 0.1) is 11.1 Å². The van der Waals surface area contributed by atoms with Crippen LogP contribution in [0.3, 0.4) is 0 Å². The van der Waals surface area contributed by atoms with Crippen molar-refractivity contribution in [3.05, 3.63) is 96.1 Å². The molecule has 2 amide bonds. The first-order valence-corrected chi connectivity index (χ1v) is 8.79. The van der Waals surface area contributed by atoms with Crippen LogP contribution < -0.4 is 5.32 Å². The number of carbonyl (C=O) groups is 2. The molecule has 3 nitrogen and oxygen atoms in total. The second kappa shape index (κ2) is 5.92. The van der Waals surface area contributed by atoms with E-state index in [0.29, 0.717) is 11.1 Å². The van der Waals surface area contributed by atoms with Crippen molar-refractivity contribution in [1.29, 1.82) is 0 Å². The van der Waals surface area contributed by atoms with Gasteiger partial charge in [-0.25, -0.2) is 0 Å². The van der Waals surface area contributed by atoms with Gasteiger partial charge >= 0.3 is 0 Å². The molecule has 0 unspecified atom stereocenters. The molecule has 0 aromatic heterocycles. The fourth-order valence-electron chi connectivity index (χ4n) is 3.76. The van der Waals surface area contributed by atoms with Crippen LogP contribution in [0.4, 0.5) is 0 Å². The van der Waals surface area contributed by atoms with Gasteiger partial charge in [-0.3, -0.25) is 14.9 Å². The zero-order valence-corrected chi connectivity index (χ0v) is 14.4. The van der Waals surface area contributed by atoms with E-state index in [9.17, 15) is 9.59 Å². The molecule has 0 atom stereocenters. The molecule has 1 aliphatic rings. The van der Waals surface area contributed by atoms with Crippen LogP contribution in [-0.4, -0.2) is 11.8 Å². The van der Waals surface area contributed by atoms with E-state index < -0.39 is 0 Å². The first-order chi connectivity index (χ1) is 13.2. The van der Waals surface area contributed by atoms with Gasteiger partial charge in [0.1, 0.15) is 0 Å². The Kier molecular flexibility index (Phi) is 3.41. The molecule has 0 aliphatic carbocycles. The lowest BCUT2D eigenvalue weighted by atomic mass is 9.90. The molecular weight excluding hydrogens is 334 g/mol. The monoisotopic (exact) mass is 349 g/mol. The number of benzene rings is 4. The molecule has 27 heavy (non-hydrogen) atoms. The molecule has 0 bridgehead atoms. The molecule has 1 N–H and O–H groups in total. The molecule has 5 rings (SSSR count). The van der Waals surface area contributed by atoms with Gasteiger partial charge in [0, 0.05) is 5.56 Å². The van der Waals surface area contributed by atoms with Gasteiger partial charge in [0.15, 0.2) is 0 Å². The summed E-state index contributed by atoms with van der Waals surface area (Å²) in [6, 6.07) is 27.9. The highest BCUT2D eigenvalue weighted by atomic mass is 16.2. The summed E-state index contributed by atoms with van der Waals surface area (Å²) in [7, 11) is 0. The maximum absolute atomic E-state index is 12.5. The number of rotatable bonds is 2. The zero-order valence-electron chi connectivity index (χ0n) is 14.4. The predicted molar refractivity (Wildman–Crippen MR) is 107 cm³/mol. The summed E-state index contributed by atoms with van der Waals surface area (Å²) in [5, 5.41) is 4.34. The Morgan fingerprint density at radius 1 is 0.556 bits per heavy atom. The van der Waals surface area contributed by atoms with Crippen LogP contribution in [0, 0.1) is 0 Å². The highest BCUT2D eigenvalue weighted by molar-refractivity contribution is 6.27. The topological polar surface area (TPSA) is 46.2 Å². The Labute approximate surface area is 156 Å². The quantitative estimate of drug-likeness (QED) is 0.514. The van der Waals surface area contributed by atoms with E-state index in [1.54, 1.807) is 6.07 Å². The highest BCUT2D eigenvalue weighted by Crippen LogP contribution is 2.37. The lowest BCUT2D eigenvalue weighted by Gasteiger charge is -2.12. The summed E-state index contributed by atoms with van der Waals surface area (Å²) in [5.74, 6) is -0.661. The first-order valence-electron chi connectivity index (χ1n) is 8.79. The standard InChI is InChI=1S/C24H15NO2/c26-23-20-14-18-8-4-5-9-19(18)21(22(20)24(27)25-23)17-12-10-16(11-13-17)15-6-2-1-3-7-15/h1-14H,(H,25,26,27). The van der Waals surface area contributed by atoms with Crippen molar-refractivity contribution in [1.82, 2.24) is 5.32 Å². The van der Waals surface area contributed by atoms with E-state index in [1.165, 1.54) is 0 Å². The predicted octanol–water partition coefficient (Wildman–Crippen LogP) is 5.06. The number of imide groups is 1. The summed E-state index contributed by atoms with van der Waals surface area (Å²) in [6.45, 7) is 0. The minimum atomic E-state index is -0.331. The van der Waals surface area contributed by atoms with E-state index >= 15 is 0 Å². The lowest BCUT2D eigenvalue weighted by Crippen LogP contribution is -2.20. The first kappa shape index (κ1) is 15.5. The minimum Gasteiger partial charge on any atom is -0.288 e. The fourth-order valence-corrected chi connectivity index (χ4v) is 3.76. The molecule has 1 heterocycles. The fraction of sp³-hybridized carbons (Fsp3) is 0. The van der Waals surface area contributed by atoms with Gasteiger partial charge in [-0.05, 0) is 33.5 Å². The van der Waals surface area contributed by atoms with Crippen LogP contribution in [0.1, 0.15) is 20.7 Å². The van der Waals surface area contributed by atoms with Crippen molar-refractivity contribution in [3.8, 4) is 22.3 Å². The van der Waals surface area contributed by atoms with E-state index in [0.717, 1.165) is 33.0 Å². The second-order valence-corrected chi connectivity index (χ2v) is 6.62. The normalized spacial score (nSPS) is 12.9. The van der Waals surface area contributed by atoms with Crippen molar-refractivity contribution in [2.24, 2.45) is 0 Å². The Balaban J connectivity index is 1.75.